The van der Waals surface area contributed by atoms with E-state index in [1.54, 1.807) is 0 Å². The van der Waals surface area contributed by atoms with Gasteiger partial charge in [-0.3, -0.25) is 9.59 Å². The smallest absolute Gasteiger partial charge is 0.242 e. The highest BCUT2D eigenvalue weighted by molar-refractivity contribution is 5.87. The molecule has 0 spiro atoms. The minimum Gasteiger partial charge on any atom is -0.381 e. The molecule has 0 aromatic carbocycles. The maximum absolute atomic E-state index is 11.9. The Morgan fingerprint density at radius 2 is 2.00 bits per heavy atom. The van der Waals surface area contributed by atoms with E-state index in [-0.39, 0.29) is 23.9 Å². The third-order valence-corrected chi connectivity index (χ3v) is 3.52. The molecule has 0 aromatic heterocycles. The van der Waals surface area contributed by atoms with E-state index in [4.69, 9.17) is 4.74 Å². The second kappa shape index (κ2) is 4.41. The largest absolute Gasteiger partial charge is 0.381 e. The molecule has 90 valence electrons. The minimum absolute atomic E-state index is 0.0234. The molecule has 0 aromatic rings. The first kappa shape index (κ1) is 11.4. The number of amides is 2. The number of hydrogen-bond acceptors (Lipinski definition) is 3. The van der Waals surface area contributed by atoms with Crippen LogP contribution in [0.3, 0.4) is 0 Å². The highest BCUT2D eigenvalue weighted by Crippen LogP contribution is 2.28. The molecule has 16 heavy (non-hydrogen) atoms. The van der Waals surface area contributed by atoms with Gasteiger partial charge < -0.3 is 15.0 Å². The lowest BCUT2D eigenvalue weighted by molar-refractivity contribution is -0.139. The van der Waals surface area contributed by atoms with Crippen molar-refractivity contribution in [2.24, 2.45) is 0 Å². The highest BCUT2D eigenvalue weighted by atomic mass is 16.5. The van der Waals surface area contributed by atoms with Gasteiger partial charge in [0.15, 0.2) is 0 Å². The van der Waals surface area contributed by atoms with Crippen molar-refractivity contribution in [3.8, 4) is 0 Å². The molecule has 0 atom stereocenters. The molecule has 2 aliphatic heterocycles. The molecule has 1 N–H and O–H groups in total. The molecule has 2 saturated heterocycles. The van der Waals surface area contributed by atoms with E-state index >= 15 is 0 Å². The van der Waals surface area contributed by atoms with Gasteiger partial charge in [0, 0.05) is 31.7 Å². The van der Waals surface area contributed by atoms with Gasteiger partial charge in [-0.25, -0.2) is 0 Å². The van der Waals surface area contributed by atoms with Crippen molar-refractivity contribution in [2.75, 3.05) is 26.3 Å². The summed E-state index contributed by atoms with van der Waals surface area (Å²) in [5, 5.41) is 2.62. The predicted molar refractivity (Wildman–Crippen MR) is 57.8 cm³/mol. The van der Waals surface area contributed by atoms with Crippen molar-refractivity contribution >= 4 is 11.8 Å². The van der Waals surface area contributed by atoms with E-state index in [2.05, 4.69) is 12.2 Å². The maximum Gasteiger partial charge on any atom is 0.242 e. The summed E-state index contributed by atoms with van der Waals surface area (Å²) < 4.78 is 5.32. The first-order chi connectivity index (χ1) is 7.62. The molecule has 2 rings (SSSR count). The lowest BCUT2D eigenvalue weighted by atomic mass is 9.90. The molecule has 5 nitrogen and oxygen atoms in total. The van der Waals surface area contributed by atoms with Crippen molar-refractivity contribution in [2.45, 2.75) is 31.7 Å². The minimum atomic E-state index is -0.137. The monoisotopic (exact) mass is 226 g/mol. The molecule has 2 amide bonds. The molecule has 2 heterocycles. The number of hydrogen-bond donors (Lipinski definition) is 1. The SMILES string of the molecule is CC1(N2CCC(=O)NCC2=O)CCOCC1. The quantitative estimate of drug-likeness (QED) is 0.679. The summed E-state index contributed by atoms with van der Waals surface area (Å²) in [5.41, 5.74) is -0.137. The zero-order valence-corrected chi connectivity index (χ0v) is 9.62. The fraction of sp³-hybridized carbons (Fsp3) is 0.818. The molecular formula is C11H18N2O3. The Bertz CT molecular complexity index is 298. The number of carbonyl (C=O) groups is 2. The Balaban J connectivity index is 2.11. The van der Waals surface area contributed by atoms with Crippen LogP contribution in [0.2, 0.25) is 0 Å². The molecule has 0 saturated carbocycles. The van der Waals surface area contributed by atoms with E-state index in [9.17, 15) is 9.59 Å². The van der Waals surface area contributed by atoms with Crippen LogP contribution in [0.1, 0.15) is 26.2 Å². The van der Waals surface area contributed by atoms with Gasteiger partial charge in [0.05, 0.1) is 6.54 Å². The van der Waals surface area contributed by atoms with Crippen LogP contribution in [0.25, 0.3) is 0 Å². The van der Waals surface area contributed by atoms with E-state index in [1.807, 2.05) is 4.90 Å². The third-order valence-electron chi connectivity index (χ3n) is 3.52. The number of carbonyl (C=O) groups excluding carboxylic acids is 2. The van der Waals surface area contributed by atoms with Crippen molar-refractivity contribution in [1.29, 1.82) is 0 Å². The Morgan fingerprint density at radius 3 is 2.69 bits per heavy atom. The van der Waals surface area contributed by atoms with Crippen molar-refractivity contribution < 1.29 is 14.3 Å². The van der Waals surface area contributed by atoms with Gasteiger partial charge in [-0.05, 0) is 19.8 Å². The summed E-state index contributed by atoms with van der Waals surface area (Å²) in [5.74, 6) is -0.0123. The summed E-state index contributed by atoms with van der Waals surface area (Å²) in [6.07, 6.45) is 2.11. The fourth-order valence-corrected chi connectivity index (χ4v) is 2.35. The molecule has 0 aliphatic carbocycles. The summed E-state index contributed by atoms with van der Waals surface area (Å²) in [6, 6.07) is 0. The first-order valence-corrected chi connectivity index (χ1v) is 5.77. The van der Waals surface area contributed by atoms with Gasteiger partial charge in [-0.2, -0.15) is 0 Å². The standard InChI is InChI=1S/C11H18N2O3/c1-11(3-6-16-7-4-11)13-5-2-9(14)12-8-10(13)15/h2-8H2,1H3,(H,12,14). The summed E-state index contributed by atoms with van der Waals surface area (Å²) >= 11 is 0. The highest BCUT2D eigenvalue weighted by Gasteiger charge is 2.37. The van der Waals surface area contributed by atoms with E-state index in [0.29, 0.717) is 26.2 Å². The number of rotatable bonds is 1. The van der Waals surface area contributed by atoms with E-state index in [0.717, 1.165) is 12.8 Å². The second-order valence-corrected chi connectivity index (χ2v) is 4.68. The normalized spacial score (nSPS) is 26.2. The molecular weight excluding hydrogens is 208 g/mol. The molecule has 0 bridgehead atoms. The second-order valence-electron chi connectivity index (χ2n) is 4.68. The molecule has 5 heteroatoms. The number of nitrogens with zero attached hydrogens (tertiary/aromatic N) is 1. The number of ether oxygens (including phenoxy) is 1. The van der Waals surface area contributed by atoms with Crippen LogP contribution in [-0.2, 0) is 14.3 Å². The summed E-state index contributed by atoms with van der Waals surface area (Å²) in [7, 11) is 0. The van der Waals surface area contributed by atoms with Crippen LogP contribution in [0.15, 0.2) is 0 Å². The van der Waals surface area contributed by atoms with Gasteiger partial charge in [0.2, 0.25) is 11.8 Å². The van der Waals surface area contributed by atoms with Crippen molar-refractivity contribution in [3.05, 3.63) is 0 Å². The van der Waals surface area contributed by atoms with Crippen LogP contribution < -0.4 is 5.32 Å². The predicted octanol–water partition coefficient (Wildman–Crippen LogP) is -0.0960. The topological polar surface area (TPSA) is 58.6 Å². The van der Waals surface area contributed by atoms with Crippen LogP contribution in [0.4, 0.5) is 0 Å². The van der Waals surface area contributed by atoms with Crippen LogP contribution in [0, 0.1) is 0 Å². The maximum atomic E-state index is 11.9. The van der Waals surface area contributed by atoms with Gasteiger partial charge >= 0.3 is 0 Å². The lowest BCUT2D eigenvalue weighted by Crippen LogP contribution is -2.53. The molecule has 2 aliphatic rings. The van der Waals surface area contributed by atoms with Crippen LogP contribution in [-0.4, -0.2) is 48.6 Å². The summed E-state index contributed by atoms with van der Waals surface area (Å²) in [4.78, 5) is 25.0. The summed E-state index contributed by atoms with van der Waals surface area (Å²) in [6.45, 7) is 4.14. The van der Waals surface area contributed by atoms with E-state index in [1.165, 1.54) is 0 Å². The zero-order valence-electron chi connectivity index (χ0n) is 9.62. The van der Waals surface area contributed by atoms with Crippen LogP contribution in [0.5, 0.6) is 0 Å². The molecule has 0 unspecified atom stereocenters. The Hall–Kier alpha value is -1.10. The Labute approximate surface area is 95.1 Å². The van der Waals surface area contributed by atoms with Crippen molar-refractivity contribution in [3.63, 3.8) is 0 Å². The Kier molecular flexibility index (Phi) is 3.14. The van der Waals surface area contributed by atoms with Gasteiger partial charge in [-0.1, -0.05) is 0 Å². The van der Waals surface area contributed by atoms with Crippen LogP contribution >= 0.6 is 0 Å². The average Bonchev–Trinajstić information content (AvgIpc) is 2.43. The fourth-order valence-electron chi connectivity index (χ4n) is 2.35. The zero-order chi connectivity index (χ0) is 11.6. The first-order valence-electron chi connectivity index (χ1n) is 5.77. The van der Waals surface area contributed by atoms with Crippen molar-refractivity contribution in [1.82, 2.24) is 10.2 Å². The van der Waals surface area contributed by atoms with Gasteiger partial charge in [0.1, 0.15) is 0 Å². The van der Waals surface area contributed by atoms with Gasteiger partial charge in [0.25, 0.3) is 0 Å². The molecule has 2 fully saturated rings. The van der Waals surface area contributed by atoms with E-state index < -0.39 is 0 Å². The lowest BCUT2D eigenvalue weighted by Gasteiger charge is -2.43. The third kappa shape index (κ3) is 2.19. The van der Waals surface area contributed by atoms with Gasteiger partial charge in [-0.15, -0.1) is 0 Å². The Morgan fingerprint density at radius 1 is 1.31 bits per heavy atom. The molecule has 0 radical (unpaired) electrons. The number of nitrogens with one attached hydrogen (secondary N) is 1. The average molecular weight is 226 g/mol.